The highest BCUT2D eigenvalue weighted by atomic mass is 16.5. The molecule has 1 N–H and O–H groups in total. The fourth-order valence-electron chi connectivity index (χ4n) is 4.07. The van der Waals surface area contributed by atoms with Crippen LogP contribution in [0.4, 0.5) is 5.69 Å². The third kappa shape index (κ3) is 4.07. The molecular weight excluding hydrogens is 360 g/mol. The fraction of sp³-hybridized carbons (Fsp3) is 0.320. The Kier molecular flexibility index (Phi) is 5.70. The molecule has 0 atom stereocenters. The molecule has 29 heavy (non-hydrogen) atoms. The van der Waals surface area contributed by atoms with Crippen LogP contribution in [0.25, 0.3) is 11.1 Å². The average molecular weight is 389 g/mol. The van der Waals surface area contributed by atoms with E-state index < -0.39 is 0 Å². The molecule has 0 spiro atoms. The molecule has 150 valence electrons. The smallest absolute Gasteiger partial charge is 0.227 e. The number of hydrogen-bond donors (Lipinski definition) is 1. The predicted octanol–water partition coefficient (Wildman–Crippen LogP) is 5.44. The maximum atomic E-state index is 13.0. The zero-order chi connectivity index (χ0) is 20.2. The molecule has 1 aromatic heterocycles. The van der Waals surface area contributed by atoms with E-state index in [-0.39, 0.29) is 5.91 Å². The van der Waals surface area contributed by atoms with E-state index in [0.717, 1.165) is 37.2 Å². The number of aromatic nitrogens is 1. The highest BCUT2D eigenvalue weighted by Crippen LogP contribution is 2.35. The van der Waals surface area contributed by atoms with Crippen molar-refractivity contribution >= 4 is 11.6 Å². The number of nitrogens with one attached hydrogen (secondary N) is 1. The summed E-state index contributed by atoms with van der Waals surface area (Å²) in [5.74, 6) is 1.10. The molecule has 1 aliphatic rings. The standard InChI is InChI=1S/C25H28N2O2/c1-18-7-3-11-24(19(18)2)29-16-6-12-25(28)27-15-5-9-22-21(8-4-10-23(22)27)20-13-14-26-17-20/h3-4,7-8,10-11,13-14,17,26H,5-6,9,12,15-16H2,1-2H3. The fourth-order valence-corrected chi connectivity index (χ4v) is 4.07. The number of rotatable bonds is 6. The van der Waals surface area contributed by atoms with E-state index in [2.05, 4.69) is 49.2 Å². The van der Waals surface area contributed by atoms with Gasteiger partial charge in [-0.3, -0.25) is 4.79 Å². The quantitative estimate of drug-likeness (QED) is 0.572. The first-order valence-electron chi connectivity index (χ1n) is 10.4. The van der Waals surface area contributed by atoms with Crippen LogP contribution in [0.3, 0.4) is 0 Å². The number of benzene rings is 2. The highest BCUT2D eigenvalue weighted by molar-refractivity contribution is 5.96. The van der Waals surface area contributed by atoms with E-state index >= 15 is 0 Å². The van der Waals surface area contributed by atoms with Crippen LogP contribution in [0.15, 0.2) is 54.9 Å². The Hall–Kier alpha value is -3.01. The Morgan fingerprint density at radius 2 is 2.00 bits per heavy atom. The van der Waals surface area contributed by atoms with Crippen LogP contribution in [-0.4, -0.2) is 24.0 Å². The number of aromatic amines is 1. The largest absolute Gasteiger partial charge is 0.493 e. The molecule has 0 unspecified atom stereocenters. The second kappa shape index (κ2) is 8.56. The number of aryl methyl sites for hydroxylation is 1. The SMILES string of the molecule is Cc1cccc(OCCCC(=O)N2CCCc3c(-c4cc[nH]c4)cccc32)c1C. The van der Waals surface area contributed by atoms with Crippen LogP contribution in [0, 0.1) is 13.8 Å². The molecule has 1 amide bonds. The maximum Gasteiger partial charge on any atom is 0.227 e. The molecule has 4 heteroatoms. The average Bonchev–Trinajstić information content (AvgIpc) is 3.27. The lowest BCUT2D eigenvalue weighted by atomic mass is 9.93. The van der Waals surface area contributed by atoms with Gasteiger partial charge in [0, 0.05) is 31.0 Å². The highest BCUT2D eigenvalue weighted by Gasteiger charge is 2.24. The van der Waals surface area contributed by atoms with Crippen LogP contribution in [0.5, 0.6) is 5.75 Å². The zero-order valence-corrected chi connectivity index (χ0v) is 17.2. The van der Waals surface area contributed by atoms with Crippen molar-refractivity contribution in [3.8, 4) is 16.9 Å². The summed E-state index contributed by atoms with van der Waals surface area (Å²) in [7, 11) is 0. The Balaban J connectivity index is 1.40. The van der Waals surface area contributed by atoms with E-state index in [0.29, 0.717) is 13.0 Å². The van der Waals surface area contributed by atoms with E-state index in [4.69, 9.17) is 4.74 Å². The molecule has 3 aromatic rings. The third-order valence-corrected chi connectivity index (χ3v) is 5.81. The van der Waals surface area contributed by atoms with Crippen LogP contribution in [0.2, 0.25) is 0 Å². The summed E-state index contributed by atoms with van der Waals surface area (Å²) in [5, 5.41) is 0. The second-order valence-electron chi connectivity index (χ2n) is 7.70. The van der Waals surface area contributed by atoms with Crippen molar-refractivity contribution in [3.63, 3.8) is 0 Å². The molecular formula is C25H28N2O2. The number of nitrogens with zero attached hydrogens (tertiary/aromatic N) is 1. The minimum absolute atomic E-state index is 0.182. The van der Waals surface area contributed by atoms with Crippen molar-refractivity contribution in [2.24, 2.45) is 0 Å². The summed E-state index contributed by atoms with van der Waals surface area (Å²) in [4.78, 5) is 18.1. The summed E-state index contributed by atoms with van der Waals surface area (Å²) in [6.45, 7) is 5.50. The zero-order valence-electron chi connectivity index (χ0n) is 17.2. The number of amides is 1. The number of carbonyl (C=O) groups excluding carboxylic acids is 1. The Labute approximate surface area is 172 Å². The van der Waals surface area contributed by atoms with Crippen LogP contribution in [-0.2, 0) is 11.2 Å². The van der Waals surface area contributed by atoms with Gasteiger partial charge in [-0.25, -0.2) is 0 Å². The van der Waals surface area contributed by atoms with Gasteiger partial charge in [-0.1, -0.05) is 24.3 Å². The lowest BCUT2D eigenvalue weighted by Crippen LogP contribution is -2.35. The maximum absolute atomic E-state index is 13.0. The second-order valence-corrected chi connectivity index (χ2v) is 7.70. The minimum atomic E-state index is 0.182. The van der Waals surface area contributed by atoms with Gasteiger partial charge in [-0.2, -0.15) is 0 Å². The van der Waals surface area contributed by atoms with Crippen LogP contribution < -0.4 is 9.64 Å². The molecule has 0 fully saturated rings. The van der Waals surface area contributed by atoms with Crippen LogP contribution >= 0.6 is 0 Å². The molecule has 2 heterocycles. The number of carbonyl (C=O) groups is 1. The molecule has 0 saturated carbocycles. The van der Waals surface area contributed by atoms with Gasteiger partial charge in [0.2, 0.25) is 5.91 Å². The summed E-state index contributed by atoms with van der Waals surface area (Å²) in [5.41, 5.74) is 7.13. The van der Waals surface area contributed by atoms with Gasteiger partial charge in [0.05, 0.1) is 6.61 Å². The lowest BCUT2D eigenvalue weighted by molar-refractivity contribution is -0.118. The molecule has 0 radical (unpaired) electrons. The number of H-pyrrole nitrogens is 1. The Morgan fingerprint density at radius 3 is 2.83 bits per heavy atom. The first-order chi connectivity index (χ1) is 14.1. The van der Waals surface area contributed by atoms with Gasteiger partial charge in [0.15, 0.2) is 0 Å². The van der Waals surface area contributed by atoms with Gasteiger partial charge >= 0.3 is 0 Å². The number of fused-ring (bicyclic) bond motifs is 1. The van der Waals surface area contributed by atoms with E-state index in [1.54, 1.807) is 0 Å². The number of ether oxygens (including phenoxy) is 1. The molecule has 2 aromatic carbocycles. The minimum Gasteiger partial charge on any atom is -0.493 e. The van der Waals surface area contributed by atoms with Crippen LogP contribution in [0.1, 0.15) is 36.0 Å². The van der Waals surface area contributed by atoms with Gasteiger partial charge < -0.3 is 14.6 Å². The van der Waals surface area contributed by atoms with Gasteiger partial charge in [0.25, 0.3) is 0 Å². The van der Waals surface area contributed by atoms with E-state index in [9.17, 15) is 4.79 Å². The Morgan fingerprint density at radius 1 is 1.14 bits per heavy atom. The van der Waals surface area contributed by atoms with Crippen molar-refractivity contribution in [2.45, 2.75) is 39.5 Å². The topological polar surface area (TPSA) is 45.3 Å². The Bertz CT molecular complexity index is 992. The van der Waals surface area contributed by atoms with Gasteiger partial charge in [-0.15, -0.1) is 0 Å². The predicted molar refractivity (Wildman–Crippen MR) is 118 cm³/mol. The van der Waals surface area contributed by atoms with Gasteiger partial charge in [-0.05, 0) is 79.1 Å². The van der Waals surface area contributed by atoms with Crippen molar-refractivity contribution in [1.29, 1.82) is 0 Å². The number of hydrogen-bond acceptors (Lipinski definition) is 2. The van der Waals surface area contributed by atoms with E-state index in [1.807, 2.05) is 29.4 Å². The summed E-state index contributed by atoms with van der Waals surface area (Å²) in [6.07, 6.45) is 7.18. The first-order valence-corrected chi connectivity index (χ1v) is 10.4. The third-order valence-electron chi connectivity index (χ3n) is 5.81. The first kappa shape index (κ1) is 19.3. The molecule has 4 rings (SSSR count). The van der Waals surface area contributed by atoms with Crippen molar-refractivity contribution in [3.05, 3.63) is 71.5 Å². The van der Waals surface area contributed by atoms with Gasteiger partial charge in [0.1, 0.15) is 5.75 Å². The monoisotopic (exact) mass is 388 g/mol. The molecule has 0 saturated heterocycles. The summed E-state index contributed by atoms with van der Waals surface area (Å²) < 4.78 is 5.92. The summed E-state index contributed by atoms with van der Waals surface area (Å²) >= 11 is 0. The normalized spacial score (nSPS) is 13.2. The molecule has 0 aliphatic carbocycles. The lowest BCUT2D eigenvalue weighted by Gasteiger charge is -2.31. The molecule has 4 nitrogen and oxygen atoms in total. The van der Waals surface area contributed by atoms with Crippen molar-refractivity contribution < 1.29 is 9.53 Å². The summed E-state index contributed by atoms with van der Waals surface area (Å²) in [6, 6.07) is 14.4. The van der Waals surface area contributed by atoms with E-state index in [1.165, 1.54) is 27.8 Å². The number of anilines is 1. The molecule has 0 bridgehead atoms. The van der Waals surface area contributed by atoms with Crippen molar-refractivity contribution in [1.82, 2.24) is 4.98 Å². The van der Waals surface area contributed by atoms with Crippen molar-refractivity contribution in [2.75, 3.05) is 18.1 Å². The molecule has 1 aliphatic heterocycles.